The van der Waals surface area contributed by atoms with E-state index >= 15 is 0 Å². The van der Waals surface area contributed by atoms with Crippen LogP contribution in [0.25, 0.3) is 0 Å². The fraction of sp³-hybridized carbons (Fsp3) is 0.800. The summed E-state index contributed by atoms with van der Waals surface area (Å²) in [6.07, 6.45) is 4.34. The highest BCUT2D eigenvalue weighted by atomic mass is 16.4. The molecule has 2 N–H and O–H groups in total. The van der Waals surface area contributed by atoms with Crippen molar-refractivity contribution in [1.29, 1.82) is 0 Å². The number of nitrogens with zero attached hydrogens (tertiary/aromatic N) is 1. The zero-order chi connectivity index (χ0) is 15.9. The van der Waals surface area contributed by atoms with Gasteiger partial charge in [-0.15, -0.1) is 0 Å². The fourth-order valence-corrected chi connectivity index (χ4v) is 3.12. The van der Waals surface area contributed by atoms with Gasteiger partial charge in [-0.2, -0.15) is 0 Å². The van der Waals surface area contributed by atoms with Crippen LogP contribution >= 0.6 is 0 Å². The first kappa shape index (κ1) is 17.5. The van der Waals surface area contributed by atoms with Crippen LogP contribution < -0.4 is 5.32 Å². The smallest absolute Gasteiger partial charge is 0.324 e. The number of hydrogen-bond acceptors (Lipinski definition) is 3. The van der Waals surface area contributed by atoms with E-state index in [4.69, 9.17) is 5.11 Å². The summed E-state index contributed by atoms with van der Waals surface area (Å²) in [7, 11) is 0. The Morgan fingerprint density at radius 3 is 2.24 bits per heavy atom. The Kier molecular flexibility index (Phi) is 6.65. The molecule has 1 rings (SSSR count). The molecule has 0 atom stereocenters. The highest BCUT2D eigenvalue weighted by Crippen LogP contribution is 2.43. The molecule has 0 heterocycles. The second-order valence-electron chi connectivity index (χ2n) is 5.89. The molecule has 0 bridgehead atoms. The highest BCUT2D eigenvalue weighted by molar-refractivity contribution is 5.94. The van der Waals surface area contributed by atoms with E-state index in [9.17, 15) is 14.4 Å². The summed E-state index contributed by atoms with van der Waals surface area (Å²) in [5.41, 5.74) is -0.474. The van der Waals surface area contributed by atoms with E-state index in [2.05, 4.69) is 5.32 Å². The summed E-state index contributed by atoms with van der Waals surface area (Å²) in [6, 6.07) is -0.382. The van der Waals surface area contributed by atoms with Gasteiger partial charge in [-0.25, -0.2) is 4.79 Å². The number of rotatable bonds is 7. The van der Waals surface area contributed by atoms with E-state index < -0.39 is 11.4 Å². The molecule has 0 unspecified atom stereocenters. The zero-order valence-corrected chi connectivity index (χ0v) is 13.0. The van der Waals surface area contributed by atoms with E-state index in [1.54, 1.807) is 4.90 Å². The molecule has 0 spiro atoms. The van der Waals surface area contributed by atoms with Crippen LogP contribution in [0, 0.1) is 5.41 Å². The number of nitrogens with one attached hydrogen (secondary N) is 1. The quantitative estimate of drug-likeness (QED) is 0.755. The van der Waals surface area contributed by atoms with Crippen LogP contribution in [-0.2, 0) is 9.59 Å². The van der Waals surface area contributed by atoms with Gasteiger partial charge in [-0.05, 0) is 31.6 Å². The van der Waals surface area contributed by atoms with E-state index in [-0.39, 0.29) is 24.8 Å². The number of carboxylic acids is 1. The minimum Gasteiger partial charge on any atom is -0.481 e. The zero-order valence-electron chi connectivity index (χ0n) is 13.0. The molecule has 3 amide bonds. The Hall–Kier alpha value is -1.59. The van der Waals surface area contributed by atoms with Gasteiger partial charge in [0.2, 0.25) is 5.91 Å². The Bertz CT molecular complexity index is 389. The largest absolute Gasteiger partial charge is 0.481 e. The van der Waals surface area contributed by atoms with Crippen LogP contribution in [0.1, 0.15) is 58.8 Å². The molecule has 1 fully saturated rings. The molecule has 0 aromatic rings. The summed E-state index contributed by atoms with van der Waals surface area (Å²) in [5, 5.41) is 11.4. The lowest BCUT2D eigenvalue weighted by molar-refractivity contribution is -0.140. The number of amides is 3. The van der Waals surface area contributed by atoms with Gasteiger partial charge < -0.3 is 10.0 Å². The van der Waals surface area contributed by atoms with Gasteiger partial charge in [0.25, 0.3) is 0 Å². The van der Waals surface area contributed by atoms with Crippen LogP contribution in [0.3, 0.4) is 0 Å². The van der Waals surface area contributed by atoms with Gasteiger partial charge in [0.1, 0.15) is 0 Å². The third-order valence-electron chi connectivity index (χ3n) is 4.13. The molecule has 0 saturated heterocycles. The first-order valence-electron chi connectivity index (χ1n) is 7.73. The van der Waals surface area contributed by atoms with E-state index in [1.807, 2.05) is 13.8 Å². The predicted molar refractivity (Wildman–Crippen MR) is 78.8 cm³/mol. The molecule has 6 nitrogen and oxygen atoms in total. The fourth-order valence-electron chi connectivity index (χ4n) is 3.12. The average molecular weight is 298 g/mol. The number of imide groups is 1. The van der Waals surface area contributed by atoms with Crippen molar-refractivity contribution in [2.24, 2.45) is 5.41 Å². The second-order valence-corrected chi connectivity index (χ2v) is 5.89. The van der Waals surface area contributed by atoms with E-state index in [0.29, 0.717) is 13.1 Å². The van der Waals surface area contributed by atoms with Gasteiger partial charge in [-0.3, -0.25) is 14.9 Å². The molecule has 0 aromatic carbocycles. The highest BCUT2D eigenvalue weighted by Gasteiger charge is 2.38. The Labute approximate surface area is 125 Å². The molecular weight excluding hydrogens is 272 g/mol. The molecule has 1 aliphatic carbocycles. The molecule has 120 valence electrons. The molecule has 0 aliphatic heterocycles. The van der Waals surface area contributed by atoms with Crippen molar-refractivity contribution in [1.82, 2.24) is 10.2 Å². The van der Waals surface area contributed by atoms with Crippen LogP contribution in [0.15, 0.2) is 0 Å². The molecule has 1 saturated carbocycles. The third-order valence-corrected chi connectivity index (χ3v) is 4.13. The van der Waals surface area contributed by atoms with Crippen molar-refractivity contribution in [2.45, 2.75) is 58.8 Å². The minimum absolute atomic E-state index is 0.00105. The van der Waals surface area contributed by atoms with Crippen LogP contribution in [-0.4, -0.2) is 41.0 Å². The maximum Gasteiger partial charge on any atom is 0.324 e. The molecule has 0 aromatic heterocycles. The first-order chi connectivity index (χ1) is 9.92. The molecule has 6 heteroatoms. The van der Waals surface area contributed by atoms with Crippen molar-refractivity contribution >= 4 is 17.9 Å². The summed E-state index contributed by atoms with van der Waals surface area (Å²) in [4.78, 5) is 36.6. The monoisotopic (exact) mass is 298 g/mol. The maximum atomic E-state index is 12.1. The van der Waals surface area contributed by atoms with Crippen molar-refractivity contribution in [3.8, 4) is 0 Å². The number of carbonyl (C=O) groups excluding carboxylic acids is 2. The molecule has 0 radical (unpaired) electrons. The van der Waals surface area contributed by atoms with Crippen LogP contribution in [0.5, 0.6) is 0 Å². The maximum absolute atomic E-state index is 12.1. The normalized spacial score (nSPS) is 16.5. The number of aliphatic carboxylic acids is 1. The number of carboxylic acid groups (broad SMARTS) is 1. The number of hydrogen-bond donors (Lipinski definition) is 2. The third kappa shape index (κ3) is 5.36. The standard InChI is InChI=1S/C15H26N2O4/c1-3-9-17(4-2)14(21)16-12(18)10-15(11-13(19)20)7-5-6-8-15/h3-11H2,1-2H3,(H,19,20)(H,16,18,21). The Morgan fingerprint density at radius 1 is 1.14 bits per heavy atom. The molecular formula is C15H26N2O4. The summed E-state index contributed by atoms with van der Waals surface area (Å²) < 4.78 is 0. The van der Waals surface area contributed by atoms with Gasteiger partial charge in [-0.1, -0.05) is 19.8 Å². The van der Waals surface area contributed by atoms with Gasteiger partial charge in [0.05, 0.1) is 6.42 Å². The van der Waals surface area contributed by atoms with Gasteiger partial charge >= 0.3 is 12.0 Å². The van der Waals surface area contributed by atoms with Crippen molar-refractivity contribution in [3.05, 3.63) is 0 Å². The van der Waals surface area contributed by atoms with Crippen molar-refractivity contribution < 1.29 is 19.5 Å². The van der Waals surface area contributed by atoms with Crippen molar-refractivity contribution in [3.63, 3.8) is 0 Å². The lowest BCUT2D eigenvalue weighted by atomic mass is 9.79. The second kappa shape index (κ2) is 8.00. The number of carbonyl (C=O) groups is 3. The predicted octanol–water partition coefficient (Wildman–Crippen LogP) is 2.38. The van der Waals surface area contributed by atoms with Crippen LogP contribution in [0.4, 0.5) is 4.79 Å². The van der Waals surface area contributed by atoms with Crippen molar-refractivity contribution in [2.75, 3.05) is 13.1 Å². The van der Waals surface area contributed by atoms with Gasteiger partial charge in [0.15, 0.2) is 0 Å². The lowest BCUT2D eigenvalue weighted by Gasteiger charge is -2.27. The Balaban J connectivity index is 2.58. The van der Waals surface area contributed by atoms with Gasteiger partial charge in [0, 0.05) is 19.5 Å². The molecule has 21 heavy (non-hydrogen) atoms. The lowest BCUT2D eigenvalue weighted by Crippen LogP contribution is -2.44. The Morgan fingerprint density at radius 2 is 1.76 bits per heavy atom. The minimum atomic E-state index is -0.878. The first-order valence-corrected chi connectivity index (χ1v) is 7.73. The summed E-state index contributed by atoms with van der Waals surface area (Å²) in [5.74, 6) is -1.24. The topological polar surface area (TPSA) is 86.7 Å². The number of urea groups is 1. The summed E-state index contributed by atoms with van der Waals surface area (Å²) in [6.45, 7) is 4.99. The van der Waals surface area contributed by atoms with E-state index in [1.165, 1.54) is 0 Å². The van der Waals surface area contributed by atoms with Crippen LogP contribution in [0.2, 0.25) is 0 Å². The molecule has 1 aliphatic rings. The van der Waals surface area contributed by atoms with E-state index in [0.717, 1.165) is 32.1 Å². The summed E-state index contributed by atoms with van der Waals surface area (Å²) >= 11 is 0. The SMILES string of the molecule is CCCN(CC)C(=O)NC(=O)CC1(CC(=O)O)CCCC1. The average Bonchev–Trinajstić information content (AvgIpc) is 2.82.